The van der Waals surface area contributed by atoms with Crippen molar-refractivity contribution in [2.75, 3.05) is 59.3 Å². The standard InChI is InChI=1S/C12H24N2O3/c15-8-7-13-3-1-4-14(6-5-13)10-12-2-9-16-11-17-12/h12,15H,1-11H2. The van der Waals surface area contributed by atoms with E-state index in [0.29, 0.717) is 12.9 Å². The lowest BCUT2D eigenvalue weighted by Crippen LogP contribution is -2.39. The molecule has 0 aromatic rings. The van der Waals surface area contributed by atoms with Gasteiger partial charge in [-0.1, -0.05) is 0 Å². The maximum absolute atomic E-state index is 8.95. The van der Waals surface area contributed by atoms with Crippen LogP contribution < -0.4 is 0 Å². The molecule has 2 saturated heterocycles. The lowest BCUT2D eigenvalue weighted by Gasteiger charge is -2.29. The zero-order valence-electron chi connectivity index (χ0n) is 10.5. The summed E-state index contributed by atoms with van der Waals surface area (Å²) < 4.78 is 10.8. The van der Waals surface area contributed by atoms with Crippen molar-refractivity contribution >= 4 is 0 Å². The molecule has 0 spiro atoms. The van der Waals surface area contributed by atoms with Crippen LogP contribution in [0.25, 0.3) is 0 Å². The van der Waals surface area contributed by atoms with E-state index in [1.54, 1.807) is 0 Å². The van der Waals surface area contributed by atoms with Gasteiger partial charge in [0.15, 0.2) is 0 Å². The molecule has 1 unspecified atom stereocenters. The van der Waals surface area contributed by atoms with Gasteiger partial charge in [0.1, 0.15) is 6.79 Å². The van der Waals surface area contributed by atoms with Crippen molar-refractivity contribution in [1.29, 1.82) is 0 Å². The molecule has 0 aromatic carbocycles. The van der Waals surface area contributed by atoms with Crippen LogP contribution in [0, 0.1) is 0 Å². The Balaban J connectivity index is 1.70. The van der Waals surface area contributed by atoms with Crippen LogP contribution in [0.15, 0.2) is 0 Å². The molecule has 1 atom stereocenters. The van der Waals surface area contributed by atoms with Gasteiger partial charge in [-0.2, -0.15) is 0 Å². The van der Waals surface area contributed by atoms with Crippen LogP contribution in [0.1, 0.15) is 12.8 Å². The van der Waals surface area contributed by atoms with E-state index in [0.717, 1.165) is 52.3 Å². The number of aliphatic hydroxyl groups is 1. The summed E-state index contributed by atoms with van der Waals surface area (Å²) in [5.41, 5.74) is 0. The molecule has 2 rings (SSSR count). The highest BCUT2D eigenvalue weighted by Gasteiger charge is 2.20. The third-order valence-corrected chi connectivity index (χ3v) is 3.53. The fourth-order valence-electron chi connectivity index (χ4n) is 2.51. The molecule has 0 amide bonds. The van der Waals surface area contributed by atoms with Crippen LogP contribution >= 0.6 is 0 Å². The molecule has 100 valence electrons. The van der Waals surface area contributed by atoms with Crippen molar-refractivity contribution in [3.8, 4) is 0 Å². The second-order valence-electron chi connectivity index (χ2n) is 4.82. The van der Waals surface area contributed by atoms with Crippen molar-refractivity contribution in [2.45, 2.75) is 18.9 Å². The minimum atomic E-state index is 0.267. The van der Waals surface area contributed by atoms with E-state index in [2.05, 4.69) is 9.80 Å². The van der Waals surface area contributed by atoms with Gasteiger partial charge in [0.05, 0.1) is 19.3 Å². The predicted molar refractivity (Wildman–Crippen MR) is 64.9 cm³/mol. The van der Waals surface area contributed by atoms with Crippen LogP contribution in [0.2, 0.25) is 0 Å². The first kappa shape index (κ1) is 13.2. The molecule has 0 bridgehead atoms. The second kappa shape index (κ2) is 7.28. The highest BCUT2D eigenvalue weighted by molar-refractivity contribution is 4.73. The summed E-state index contributed by atoms with van der Waals surface area (Å²) in [4.78, 5) is 4.82. The molecule has 17 heavy (non-hydrogen) atoms. The minimum Gasteiger partial charge on any atom is -0.395 e. The van der Waals surface area contributed by atoms with E-state index in [1.807, 2.05) is 0 Å². The number of rotatable bonds is 4. The number of nitrogens with zero attached hydrogens (tertiary/aromatic N) is 2. The summed E-state index contributed by atoms with van der Waals surface area (Å²) in [5, 5.41) is 8.95. The predicted octanol–water partition coefficient (Wildman–Crippen LogP) is -0.251. The van der Waals surface area contributed by atoms with Crippen LogP contribution in [-0.2, 0) is 9.47 Å². The van der Waals surface area contributed by atoms with Crippen LogP contribution in [0.4, 0.5) is 0 Å². The Morgan fingerprint density at radius 2 is 1.94 bits per heavy atom. The Labute approximate surface area is 103 Å². The van der Waals surface area contributed by atoms with E-state index >= 15 is 0 Å². The summed E-state index contributed by atoms with van der Waals surface area (Å²) in [6.07, 6.45) is 2.54. The van der Waals surface area contributed by atoms with Gasteiger partial charge in [-0.25, -0.2) is 0 Å². The Hall–Kier alpha value is -0.200. The zero-order valence-corrected chi connectivity index (χ0v) is 10.5. The first-order chi connectivity index (χ1) is 8.38. The van der Waals surface area contributed by atoms with Crippen LogP contribution in [-0.4, -0.2) is 80.3 Å². The van der Waals surface area contributed by atoms with Gasteiger partial charge in [-0.15, -0.1) is 0 Å². The lowest BCUT2D eigenvalue weighted by molar-refractivity contribution is -0.144. The SMILES string of the molecule is OCCN1CCCN(CC2CCOCO2)CC1. The third-order valence-electron chi connectivity index (χ3n) is 3.53. The Morgan fingerprint density at radius 3 is 2.71 bits per heavy atom. The van der Waals surface area contributed by atoms with E-state index in [1.165, 1.54) is 6.42 Å². The molecule has 2 aliphatic heterocycles. The molecule has 5 heteroatoms. The molecular weight excluding hydrogens is 220 g/mol. The Bertz CT molecular complexity index is 210. The quantitative estimate of drug-likeness (QED) is 0.739. The normalized spacial score (nSPS) is 29.1. The first-order valence-electron chi connectivity index (χ1n) is 6.63. The maximum Gasteiger partial charge on any atom is 0.147 e. The van der Waals surface area contributed by atoms with Crippen LogP contribution in [0.3, 0.4) is 0 Å². The van der Waals surface area contributed by atoms with Gasteiger partial charge in [0.25, 0.3) is 0 Å². The summed E-state index contributed by atoms with van der Waals surface area (Å²) in [5.74, 6) is 0. The Kier molecular flexibility index (Phi) is 5.67. The monoisotopic (exact) mass is 244 g/mol. The van der Waals surface area contributed by atoms with E-state index in [9.17, 15) is 0 Å². The molecule has 2 aliphatic rings. The lowest BCUT2D eigenvalue weighted by atomic mass is 10.2. The fraction of sp³-hybridized carbons (Fsp3) is 1.00. The average molecular weight is 244 g/mol. The molecule has 1 N–H and O–H groups in total. The highest BCUT2D eigenvalue weighted by atomic mass is 16.7. The number of β-amino-alcohol motifs (C(OH)–C–C–N with tert-alkyl or cyclic N) is 1. The van der Waals surface area contributed by atoms with Gasteiger partial charge >= 0.3 is 0 Å². The average Bonchev–Trinajstić information content (AvgIpc) is 2.57. The molecule has 0 radical (unpaired) electrons. The van der Waals surface area contributed by atoms with Crippen molar-refractivity contribution in [3.63, 3.8) is 0 Å². The third kappa shape index (κ3) is 4.52. The zero-order chi connectivity index (χ0) is 11.9. The van der Waals surface area contributed by atoms with Gasteiger partial charge in [0, 0.05) is 26.2 Å². The number of hydrogen-bond donors (Lipinski definition) is 1. The minimum absolute atomic E-state index is 0.267. The largest absolute Gasteiger partial charge is 0.395 e. The molecular formula is C12H24N2O3. The van der Waals surface area contributed by atoms with E-state index < -0.39 is 0 Å². The molecule has 0 aliphatic carbocycles. The van der Waals surface area contributed by atoms with Gasteiger partial charge in [-0.3, -0.25) is 9.80 Å². The summed E-state index contributed by atoms with van der Waals surface area (Å²) in [6, 6.07) is 0. The fourth-order valence-corrected chi connectivity index (χ4v) is 2.51. The summed E-state index contributed by atoms with van der Waals surface area (Å²) in [6.45, 7) is 7.77. The van der Waals surface area contributed by atoms with Crippen molar-refractivity contribution in [1.82, 2.24) is 9.80 Å². The topological polar surface area (TPSA) is 45.2 Å². The first-order valence-corrected chi connectivity index (χ1v) is 6.63. The molecule has 0 saturated carbocycles. The molecule has 2 heterocycles. The summed E-state index contributed by atoms with van der Waals surface area (Å²) >= 11 is 0. The van der Waals surface area contributed by atoms with Gasteiger partial charge < -0.3 is 14.6 Å². The van der Waals surface area contributed by atoms with E-state index in [4.69, 9.17) is 14.6 Å². The van der Waals surface area contributed by atoms with Crippen molar-refractivity contribution in [2.24, 2.45) is 0 Å². The van der Waals surface area contributed by atoms with Crippen LogP contribution in [0.5, 0.6) is 0 Å². The maximum atomic E-state index is 8.95. The molecule has 0 aromatic heterocycles. The highest BCUT2D eigenvalue weighted by Crippen LogP contribution is 2.10. The Morgan fingerprint density at radius 1 is 1.12 bits per heavy atom. The second-order valence-corrected chi connectivity index (χ2v) is 4.82. The van der Waals surface area contributed by atoms with Gasteiger partial charge in [-0.05, 0) is 25.9 Å². The summed E-state index contributed by atoms with van der Waals surface area (Å²) in [7, 11) is 0. The molecule has 5 nitrogen and oxygen atoms in total. The number of ether oxygens (including phenoxy) is 2. The molecule has 2 fully saturated rings. The van der Waals surface area contributed by atoms with Crippen molar-refractivity contribution < 1.29 is 14.6 Å². The smallest absolute Gasteiger partial charge is 0.147 e. The van der Waals surface area contributed by atoms with Crippen molar-refractivity contribution in [3.05, 3.63) is 0 Å². The van der Waals surface area contributed by atoms with E-state index in [-0.39, 0.29) is 6.61 Å². The number of hydrogen-bond acceptors (Lipinski definition) is 5. The van der Waals surface area contributed by atoms with Gasteiger partial charge in [0.2, 0.25) is 0 Å². The number of aliphatic hydroxyl groups excluding tert-OH is 1.